The maximum Gasteiger partial charge on any atom is 0.0593 e. The lowest BCUT2D eigenvalue weighted by molar-refractivity contribution is 0.0667. The van der Waals surface area contributed by atoms with Crippen LogP contribution in [-0.4, -0.2) is 51.0 Å². The van der Waals surface area contributed by atoms with Crippen LogP contribution in [0.4, 0.5) is 0 Å². The van der Waals surface area contributed by atoms with Crippen molar-refractivity contribution in [2.24, 2.45) is 0 Å². The zero-order valence-electron chi connectivity index (χ0n) is 11.7. The van der Waals surface area contributed by atoms with Gasteiger partial charge in [0, 0.05) is 32.8 Å². The van der Waals surface area contributed by atoms with Crippen molar-refractivity contribution in [3.05, 3.63) is 35.9 Å². The highest BCUT2D eigenvalue weighted by Crippen LogP contribution is 2.02. The van der Waals surface area contributed by atoms with Crippen molar-refractivity contribution < 1.29 is 9.47 Å². The summed E-state index contributed by atoms with van der Waals surface area (Å²) in [5.41, 5.74) is 1.35. The summed E-state index contributed by atoms with van der Waals surface area (Å²) in [6.45, 7) is 6.81. The van der Waals surface area contributed by atoms with Gasteiger partial charge in [0.1, 0.15) is 0 Å². The molecule has 0 N–H and O–H groups in total. The third kappa shape index (κ3) is 6.19. The zero-order valence-corrected chi connectivity index (χ0v) is 11.7. The highest BCUT2D eigenvalue weighted by molar-refractivity contribution is 5.14. The van der Waals surface area contributed by atoms with Gasteiger partial charge in [0.2, 0.25) is 0 Å². The van der Waals surface area contributed by atoms with Crippen molar-refractivity contribution >= 4 is 0 Å². The highest BCUT2D eigenvalue weighted by Gasteiger charge is 2.07. The number of ether oxygens (including phenoxy) is 2. The summed E-state index contributed by atoms with van der Waals surface area (Å²) in [4.78, 5) is 2.49. The van der Waals surface area contributed by atoms with Crippen LogP contribution in [0.25, 0.3) is 0 Å². The maximum absolute atomic E-state index is 5.74. The SMILES string of the molecule is c1ccc(CCOCCN2CCCOCCC2)cc1. The monoisotopic (exact) mass is 263 g/mol. The molecule has 3 nitrogen and oxygen atoms in total. The van der Waals surface area contributed by atoms with Crippen LogP contribution in [0, 0.1) is 0 Å². The van der Waals surface area contributed by atoms with E-state index in [1.54, 1.807) is 0 Å². The third-order valence-electron chi connectivity index (χ3n) is 3.46. The fourth-order valence-corrected chi connectivity index (χ4v) is 2.35. The molecule has 0 amide bonds. The molecule has 0 aromatic heterocycles. The molecule has 0 unspecified atom stereocenters. The Morgan fingerprint density at radius 1 is 1.00 bits per heavy atom. The summed E-state index contributed by atoms with van der Waals surface area (Å²) in [7, 11) is 0. The Bertz CT molecular complexity index is 321. The summed E-state index contributed by atoms with van der Waals surface area (Å²) in [6.07, 6.45) is 3.29. The molecule has 0 radical (unpaired) electrons. The molecule has 1 aromatic rings. The molecule has 1 saturated heterocycles. The van der Waals surface area contributed by atoms with E-state index in [1.807, 2.05) is 0 Å². The van der Waals surface area contributed by atoms with Gasteiger partial charge in [0.25, 0.3) is 0 Å². The Balaban J connectivity index is 1.53. The summed E-state index contributed by atoms with van der Waals surface area (Å²) in [5, 5.41) is 0. The van der Waals surface area contributed by atoms with Crippen LogP contribution in [0.5, 0.6) is 0 Å². The fourth-order valence-electron chi connectivity index (χ4n) is 2.35. The van der Waals surface area contributed by atoms with Gasteiger partial charge in [-0.15, -0.1) is 0 Å². The smallest absolute Gasteiger partial charge is 0.0593 e. The van der Waals surface area contributed by atoms with Crippen molar-refractivity contribution in [1.82, 2.24) is 4.90 Å². The van der Waals surface area contributed by atoms with Gasteiger partial charge in [-0.2, -0.15) is 0 Å². The lowest BCUT2D eigenvalue weighted by Gasteiger charge is -2.24. The number of hydrogen-bond donors (Lipinski definition) is 0. The van der Waals surface area contributed by atoms with Gasteiger partial charge >= 0.3 is 0 Å². The summed E-state index contributed by atoms with van der Waals surface area (Å²) >= 11 is 0. The molecule has 1 aromatic carbocycles. The molecule has 0 aliphatic carbocycles. The Morgan fingerprint density at radius 2 is 1.74 bits per heavy atom. The van der Waals surface area contributed by atoms with Crippen molar-refractivity contribution in [1.29, 1.82) is 0 Å². The van der Waals surface area contributed by atoms with Crippen molar-refractivity contribution in [3.63, 3.8) is 0 Å². The van der Waals surface area contributed by atoms with Crippen molar-refractivity contribution in [3.8, 4) is 0 Å². The first-order chi connectivity index (χ1) is 9.45. The number of rotatable bonds is 6. The molecule has 0 spiro atoms. The van der Waals surface area contributed by atoms with Gasteiger partial charge in [-0.05, 0) is 24.8 Å². The van der Waals surface area contributed by atoms with E-state index in [4.69, 9.17) is 9.47 Å². The van der Waals surface area contributed by atoms with Crippen LogP contribution in [-0.2, 0) is 15.9 Å². The van der Waals surface area contributed by atoms with Gasteiger partial charge in [0.05, 0.1) is 13.2 Å². The van der Waals surface area contributed by atoms with Crippen LogP contribution in [0.3, 0.4) is 0 Å². The van der Waals surface area contributed by atoms with Gasteiger partial charge in [0.15, 0.2) is 0 Å². The predicted octanol–water partition coefficient (Wildman–Crippen LogP) is 2.36. The van der Waals surface area contributed by atoms with E-state index in [9.17, 15) is 0 Å². The zero-order chi connectivity index (χ0) is 13.2. The Morgan fingerprint density at radius 3 is 2.47 bits per heavy atom. The van der Waals surface area contributed by atoms with Crippen LogP contribution >= 0.6 is 0 Å². The van der Waals surface area contributed by atoms with Gasteiger partial charge in [-0.1, -0.05) is 30.3 Å². The molecule has 1 aliphatic rings. The highest BCUT2D eigenvalue weighted by atomic mass is 16.5. The first kappa shape index (κ1) is 14.5. The average Bonchev–Trinajstić information content (AvgIpc) is 2.41. The minimum absolute atomic E-state index is 0.820. The first-order valence-electron chi connectivity index (χ1n) is 7.37. The van der Waals surface area contributed by atoms with Gasteiger partial charge in [-0.3, -0.25) is 0 Å². The molecule has 3 heteroatoms. The molecular weight excluding hydrogens is 238 g/mol. The van der Waals surface area contributed by atoms with E-state index in [-0.39, 0.29) is 0 Å². The number of hydrogen-bond acceptors (Lipinski definition) is 3. The van der Waals surface area contributed by atoms with E-state index in [0.29, 0.717) is 0 Å². The summed E-state index contributed by atoms with van der Waals surface area (Å²) in [5.74, 6) is 0. The van der Waals surface area contributed by atoms with E-state index in [1.165, 1.54) is 5.56 Å². The van der Waals surface area contributed by atoms with Crippen LogP contribution in [0.15, 0.2) is 30.3 Å². The minimum Gasteiger partial charge on any atom is -0.381 e. The molecule has 1 heterocycles. The molecule has 2 rings (SSSR count). The molecular formula is C16H25NO2. The van der Waals surface area contributed by atoms with Crippen LogP contribution < -0.4 is 0 Å². The number of benzene rings is 1. The largest absolute Gasteiger partial charge is 0.381 e. The maximum atomic E-state index is 5.74. The Kier molecular flexibility index (Phi) is 6.93. The molecule has 19 heavy (non-hydrogen) atoms. The molecule has 0 bridgehead atoms. The first-order valence-corrected chi connectivity index (χ1v) is 7.37. The Labute approximate surface area is 116 Å². The predicted molar refractivity (Wildman–Crippen MR) is 77.5 cm³/mol. The lowest BCUT2D eigenvalue weighted by atomic mass is 10.2. The van der Waals surface area contributed by atoms with Gasteiger partial charge < -0.3 is 14.4 Å². The van der Waals surface area contributed by atoms with E-state index in [0.717, 1.165) is 65.3 Å². The van der Waals surface area contributed by atoms with Crippen LogP contribution in [0.1, 0.15) is 18.4 Å². The minimum atomic E-state index is 0.820. The van der Waals surface area contributed by atoms with Crippen molar-refractivity contribution in [2.45, 2.75) is 19.3 Å². The molecule has 0 saturated carbocycles. The summed E-state index contributed by atoms with van der Waals surface area (Å²) in [6, 6.07) is 10.5. The van der Waals surface area contributed by atoms with E-state index < -0.39 is 0 Å². The topological polar surface area (TPSA) is 21.7 Å². The lowest BCUT2D eigenvalue weighted by Crippen LogP contribution is -2.32. The average molecular weight is 263 g/mol. The third-order valence-corrected chi connectivity index (χ3v) is 3.46. The second-order valence-corrected chi connectivity index (χ2v) is 5.01. The quantitative estimate of drug-likeness (QED) is 0.735. The Hall–Kier alpha value is -0.900. The van der Waals surface area contributed by atoms with E-state index in [2.05, 4.69) is 35.2 Å². The second kappa shape index (κ2) is 9.08. The fraction of sp³-hybridized carbons (Fsp3) is 0.625. The molecule has 0 atom stereocenters. The second-order valence-electron chi connectivity index (χ2n) is 5.01. The normalized spacial score (nSPS) is 17.9. The van der Waals surface area contributed by atoms with Crippen LogP contribution in [0.2, 0.25) is 0 Å². The molecule has 106 valence electrons. The van der Waals surface area contributed by atoms with Crippen molar-refractivity contribution in [2.75, 3.05) is 46.1 Å². The van der Waals surface area contributed by atoms with Gasteiger partial charge in [-0.25, -0.2) is 0 Å². The van der Waals surface area contributed by atoms with E-state index >= 15 is 0 Å². The molecule has 1 aliphatic heterocycles. The summed E-state index contributed by atoms with van der Waals surface area (Å²) < 4.78 is 11.2. The standard InChI is InChI=1S/C16H25NO2/c1-2-6-16(7-3-1)8-14-19-15-11-17-9-4-12-18-13-5-10-17/h1-3,6-7H,4-5,8-15H2. The molecule has 1 fully saturated rings. The number of nitrogens with zero attached hydrogens (tertiary/aromatic N) is 1.